The standard InChI is InChI=1S/C20H28ClN3O6S/c1-14(2)8-9-22-20(27)23-18(25)13-30-19(26)15-6-7-16(21)17(12-15)31(28,29)24-10-4-3-5-11-24/h6-7,12,14H,3-5,8-11,13H2,1-2H3,(H2,22,23,25,27). The van der Waals surface area contributed by atoms with Crippen molar-refractivity contribution in [2.45, 2.75) is 44.4 Å². The molecule has 2 rings (SSSR count). The lowest BCUT2D eigenvalue weighted by Crippen LogP contribution is -2.42. The van der Waals surface area contributed by atoms with Gasteiger partial charge in [0.25, 0.3) is 5.91 Å². The third kappa shape index (κ3) is 7.48. The molecule has 9 nitrogen and oxygen atoms in total. The van der Waals surface area contributed by atoms with E-state index in [-0.39, 0.29) is 15.5 Å². The Morgan fingerprint density at radius 3 is 2.48 bits per heavy atom. The van der Waals surface area contributed by atoms with Crippen molar-refractivity contribution in [1.29, 1.82) is 0 Å². The third-order valence-corrected chi connectivity index (χ3v) is 7.07. The largest absolute Gasteiger partial charge is 0.452 e. The Balaban J connectivity index is 1.96. The fourth-order valence-corrected chi connectivity index (χ4v) is 4.99. The molecular weight excluding hydrogens is 446 g/mol. The molecule has 0 unspecified atom stereocenters. The third-order valence-electron chi connectivity index (χ3n) is 4.69. The van der Waals surface area contributed by atoms with Crippen LogP contribution in [0.4, 0.5) is 4.79 Å². The van der Waals surface area contributed by atoms with Gasteiger partial charge in [0.1, 0.15) is 4.90 Å². The van der Waals surface area contributed by atoms with Crippen molar-refractivity contribution in [3.8, 4) is 0 Å². The van der Waals surface area contributed by atoms with Gasteiger partial charge in [0.2, 0.25) is 10.0 Å². The minimum Gasteiger partial charge on any atom is -0.452 e. The molecule has 0 spiro atoms. The number of imide groups is 1. The van der Waals surface area contributed by atoms with Crippen molar-refractivity contribution in [3.63, 3.8) is 0 Å². The zero-order valence-electron chi connectivity index (χ0n) is 17.6. The summed E-state index contributed by atoms with van der Waals surface area (Å²) in [4.78, 5) is 35.5. The summed E-state index contributed by atoms with van der Waals surface area (Å²) in [5, 5.41) is 4.58. The molecular formula is C20H28ClN3O6S. The number of esters is 1. The summed E-state index contributed by atoms with van der Waals surface area (Å²) < 4.78 is 32.0. The summed E-state index contributed by atoms with van der Waals surface area (Å²) in [6.07, 6.45) is 3.25. The van der Waals surface area contributed by atoms with Gasteiger partial charge in [-0.25, -0.2) is 18.0 Å². The Morgan fingerprint density at radius 1 is 1.16 bits per heavy atom. The van der Waals surface area contributed by atoms with Crippen LogP contribution >= 0.6 is 11.6 Å². The molecule has 172 valence electrons. The fourth-order valence-electron chi connectivity index (χ4n) is 2.97. The number of piperidine rings is 1. The summed E-state index contributed by atoms with van der Waals surface area (Å²) in [5.74, 6) is -1.30. The number of hydrogen-bond donors (Lipinski definition) is 2. The Hall–Kier alpha value is -2.17. The summed E-state index contributed by atoms with van der Waals surface area (Å²) in [6, 6.07) is 3.08. The highest BCUT2D eigenvalue weighted by Crippen LogP contribution is 2.28. The highest BCUT2D eigenvalue weighted by molar-refractivity contribution is 7.89. The van der Waals surface area contributed by atoms with Gasteiger partial charge in [-0.2, -0.15) is 4.31 Å². The van der Waals surface area contributed by atoms with Crippen molar-refractivity contribution in [3.05, 3.63) is 28.8 Å². The molecule has 1 fully saturated rings. The predicted octanol–water partition coefficient (Wildman–Crippen LogP) is 2.54. The number of benzene rings is 1. The van der Waals surface area contributed by atoms with E-state index in [0.717, 1.165) is 31.7 Å². The van der Waals surface area contributed by atoms with Crippen LogP contribution in [0.1, 0.15) is 49.9 Å². The van der Waals surface area contributed by atoms with E-state index in [4.69, 9.17) is 16.3 Å². The van der Waals surface area contributed by atoms with E-state index in [9.17, 15) is 22.8 Å². The minimum absolute atomic E-state index is 0.00191. The SMILES string of the molecule is CC(C)CCNC(=O)NC(=O)COC(=O)c1ccc(Cl)c(S(=O)(=O)N2CCCCC2)c1. The highest BCUT2D eigenvalue weighted by atomic mass is 35.5. The second-order valence-electron chi connectivity index (χ2n) is 7.67. The lowest BCUT2D eigenvalue weighted by Gasteiger charge is -2.26. The number of sulfonamides is 1. The average Bonchev–Trinajstić information content (AvgIpc) is 2.72. The number of ether oxygens (including phenoxy) is 1. The fraction of sp³-hybridized carbons (Fsp3) is 0.550. The first-order valence-electron chi connectivity index (χ1n) is 10.2. The second kappa shape index (κ2) is 11.4. The van der Waals surface area contributed by atoms with Crippen LogP contribution in [-0.2, 0) is 19.6 Å². The van der Waals surface area contributed by atoms with Gasteiger partial charge in [-0.15, -0.1) is 0 Å². The number of carbonyl (C=O) groups excluding carboxylic acids is 3. The van der Waals surface area contributed by atoms with E-state index >= 15 is 0 Å². The predicted molar refractivity (Wildman–Crippen MR) is 115 cm³/mol. The van der Waals surface area contributed by atoms with Crippen LogP contribution in [0, 0.1) is 5.92 Å². The van der Waals surface area contributed by atoms with Crippen LogP contribution in [0.3, 0.4) is 0 Å². The molecule has 11 heteroatoms. The van der Waals surface area contributed by atoms with Gasteiger partial charge in [0.05, 0.1) is 10.6 Å². The van der Waals surface area contributed by atoms with Crippen LogP contribution in [0.5, 0.6) is 0 Å². The molecule has 31 heavy (non-hydrogen) atoms. The summed E-state index contributed by atoms with van der Waals surface area (Å²) in [7, 11) is -3.85. The van der Waals surface area contributed by atoms with Gasteiger partial charge in [0.15, 0.2) is 6.61 Å². The van der Waals surface area contributed by atoms with Crippen molar-refractivity contribution >= 4 is 39.5 Å². The molecule has 0 radical (unpaired) electrons. The van der Waals surface area contributed by atoms with Gasteiger partial charge in [0, 0.05) is 19.6 Å². The number of nitrogens with one attached hydrogen (secondary N) is 2. The minimum atomic E-state index is -3.85. The van der Waals surface area contributed by atoms with Gasteiger partial charge in [-0.05, 0) is 43.4 Å². The molecule has 1 heterocycles. The number of halogens is 1. The van der Waals surface area contributed by atoms with E-state index in [0.29, 0.717) is 25.6 Å². The van der Waals surface area contributed by atoms with Crippen molar-refractivity contribution in [2.75, 3.05) is 26.2 Å². The molecule has 1 aliphatic rings. The number of carbonyl (C=O) groups is 3. The maximum Gasteiger partial charge on any atom is 0.338 e. The quantitative estimate of drug-likeness (QED) is 0.559. The molecule has 0 aromatic heterocycles. The first-order valence-corrected chi connectivity index (χ1v) is 12.0. The van der Waals surface area contributed by atoms with E-state index in [1.165, 1.54) is 16.4 Å². The van der Waals surface area contributed by atoms with Gasteiger partial charge < -0.3 is 10.1 Å². The normalized spacial score (nSPS) is 14.8. The van der Waals surface area contributed by atoms with E-state index in [1.807, 2.05) is 13.8 Å². The molecule has 0 aliphatic carbocycles. The topological polar surface area (TPSA) is 122 Å². The van der Waals surface area contributed by atoms with Gasteiger partial charge >= 0.3 is 12.0 Å². The van der Waals surface area contributed by atoms with Gasteiger partial charge in [-0.3, -0.25) is 10.1 Å². The average molecular weight is 474 g/mol. The monoisotopic (exact) mass is 473 g/mol. The van der Waals surface area contributed by atoms with Crippen LogP contribution in [-0.4, -0.2) is 56.9 Å². The maximum absolute atomic E-state index is 12.9. The number of urea groups is 1. The van der Waals surface area contributed by atoms with E-state index in [2.05, 4.69) is 10.6 Å². The molecule has 0 atom stereocenters. The zero-order valence-corrected chi connectivity index (χ0v) is 19.2. The molecule has 2 N–H and O–H groups in total. The van der Waals surface area contributed by atoms with Crippen LogP contribution in [0.25, 0.3) is 0 Å². The first-order chi connectivity index (χ1) is 14.6. The Kier molecular flexibility index (Phi) is 9.27. The number of nitrogens with zero attached hydrogens (tertiary/aromatic N) is 1. The number of amides is 3. The molecule has 0 bridgehead atoms. The smallest absolute Gasteiger partial charge is 0.338 e. The molecule has 1 aliphatic heterocycles. The van der Waals surface area contributed by atoms with Crippen LogP contribution in [0.2, 0.25) is 5.02 Å². The molecule has 1 aromatic rings. The van der Waals surface area contributed by atoms with Crippen molar-refractivity contribution in [1.82, 2.24) is 14.9 Å². The van der Waals surface area contributed by atoms with Gasteiger partial charge in [-0.1, -0.05) is 31.9 Å². The first kappa shape index (κ1) is 25.1. The molecule has 1 saturated heterocycles. The van der Waals surface area contributed by atoms with Crippen LogP contribution < -0.4 is 10.6 Å². The Bertz CT molecular complexity index is 913. The lowest BCUT2D eigenvalue weighted by molar-refractivity contribution is -0.123. The Labute approximate surface area is 187 Å². The second-order valence-corrected chi connectivity index (χ2v) is 9.99. The van der Waals surface area contributed by atoms with Crippen molar-refractivity contribution < 1.29 is 27.5 Å². The van der Waals surface area contributed by atoms with E-state index in [1.54, 1.807) is 0 Å². The summed E-state index contributed by atoms with van der Waals surface area (Å²) >= 11 is 6.08. The summed E-state index contributed by atoms with van der Waals surface area (Å²) in [6.45, 7) is 4.52. The van der Waals surface area contributed by atoms with Crippen molar-refractivity contribution in [2.24, 2.45) is 5.92 Å². The maximum atomic E-state index is 12.9. The van der Waals surface area contributed by atoms with Crippen LogP contribution in [0.15, 0.2) is 23.1 Å². The zero-order chi connectivity index (χ0) is 23.0. The Morgan fingerprint density at radius 2 is 1.84 bits per heavy atom. The highest BCUT2D eigenvalue weighted by Gasteiger charge is 2.29. The number of hydrogen-bond acceptors (Lipinski definition) is 6. The molecule has 3 amide bonds. The number of rotatable bonds is 8. The molecule has 1 aromatic carbocycles. The lowest BCUT2D eigenvalue weighted by atomic mass is 10.1. The molecule has 0 saturated carbocycles. The van der Waals surface area contributed by atoms with E-state index < -0.39 is 34.5 Å². The summed E-state index contributed by atoms with van der Waals surface area (Å²) in [5.41, 5.74) is -0.0610.